The number of nitrogens with one attached hydrogen (secondary N) is 1. The predicted molar refractivity (Wildman–Crippen MR) is 109 cm³/mol. The normalized spacial score (nSPS) is 17.2. The van der Waals surface area contributed by atoms with Gasteiger partial charge in [0.15, 0.2) is 0 Å². The molecule has 1 atom stereocenters. The second-order valence-electron chi connectivity index (χ2n) is 6.74. The molecule has 1 unspecified atom stereocenters. The Bertz CT molecular complexity index is 926. The molecule has 1 aromatic heterocycles. The zero-order valence-corrected chi connectivity index (χ0v) is 17.6. The Kier molecular flexibility index (Phi) is 6.60. The Hall–Kier alpha value is -1.67. The topological polar surface area (TPSA) is 79.4 Å². The Labute approximate surface area is 174 Å². The summed E-state index contributed by atoms with van der Waals surface area (Å²) in [5, 5.41) is 3.18. The lowest BCUT2D eigenvalue weighted by molar-refractivity contribution is -0.126. The van der Waals surface area contributed by atoms with Crippen molar-refractivity contribution in [1.29, 1.82) is 0 Å². The van der Waals surface area contributed by atoms with E-state index in [1.165, 1.54) is 16.4 Å². The largest absolute Gasteiger partial charge is 0.349 e. The maximum atomic E-state index is 12.9. The fraction of sp³-hybridized carbons (Fsp3) is 0.368. The van der Waals surface area contributed by atoms with E-state index < -0.39 is 10.0 Å². The molecule has 1 amide bonds. The first-order valence-electron chi connectivity index (χ1n) is 8.95. The Morgan fingerprint density at radius 3 is 2.29 bits per heavy atom. The lowest BCUT2D eigenvalue weighted by Crippen LogP contribution is -2.43. The van der Waals surface area contributed by atoms with E-state index in [4.69, 9.17) is 23.2 Å². The molecule has 0 bridgehead atoms. The summed E-state index contributed by atoms with van der Waals surface area (Å²) in [5.74, 6) is -0.311. The number of nitrogens with zero attached hydrogens (tertiary/aromatic N) is 2. The van der Waals surface area contributed by atoms with Crippen LogP contribution >= 0.6 is 23.2 Å². The van der Waals surface area contributed by atoms with Crippen molar-refractivity contribution in [3.63, 3.8) is 0 Å². The maximum Gasteiger partial charge on any atom is 0.246 e. The van der Waals surface area contributed by atoms with Crippen molar-refractivity contribution in [1.82, 2.24) is 14.6 Å². The van der Waals surface area contributed by atoms with Gasteiger partial charge in [-0.25, -0.2) is 8.42 Å². The van der Waals surface area contributed by atoms with E-state index in [-0.39, 0.29) is 45.9 Å². The summed E-state index contributed by atoms with van der Waals surface area (Å²) in [7, 11) is -3.81. The van der Waals surface area contributed by atoms with Gasteiger partial charge in [-0.2, -0.15) is 4.31 Å². The van der Waals surface area contributed by atoms with E-state index in [1.54, 1.807) is 18.5 Å². The van der Waals surface area contributed by atoms with E-state index in [0.29, 0.717) is 12.8 Å². The zero-order chi connectivity index (χ0) is 20.3. The molecular weight excluding hydrogens is 421 g/mol. The molecule has 1 aliphatic rings. The van der Waals surface area contributed by atoms with Crippen molar-refractivity contribution < 1.29 is 13.2 Å². The summed E-state index contributed by atoms with van der Waals surface area (Å²) < 4.78 is 27.2. The average Bonchev–Trinajstić information content (AvgIpc) is 2.68. The van der Waals surface area contributed by atoms with E-state index in [2.05, 4.69) is 10.3 Å². The molecule has 0 radical (unpaired) electrons. The molecule has 0 aliphatic carbocycles. The van der Waals surface area contributed by atoms with Gasteiger partial charge in [-0.3, -0.25) is 9.78 Å². The van der Waals surface area contributed by atoms with Gasteiger partial charge in [0.25, 0.3) is 0 Å². The Morgan fingerprint density at radius 1 is 1.14 bits per heavy atom. The van der Waals surface area contributed by atoms with Gasteiger partial charge in [-0.1, -0.05) is 29.3 Å². The van der Waals surface area contributed by atoms with Crippen LogP contribution in [0.25, 0.3) is 0 Å². The van der Waals surface area contributed by atoms with Crippen LogP contribution in [0.4, 0.5) is 0 Å². The minimum atomic E-state index is -3.81. The molecule has 0 spiro atoms. The molecular formula is C19H21Cl2N3O3S. The van der Waals surface area contributed by atoms with Crippen molar-refractivity contribution in [2.75, 3.05) is 13.1 Å². The first-order valence-corrected chi connectivity index (χ1v) is 11.1. The third kappa shape index (κ3) is 4.49. The van der Waals surface area contributed by atoms with Crippen molar-refractivity contribution in [2.45, 2.75) is 30.7 Å². The molecule has 2 heterocycles. The van der Waals surface area contributed by atoms with Crippen LogP contribution in [0.3, 0.4) is 0 Å². The van der Waals surface area contributed by atoms with Crippen LogP contribution in [0.1, 0.15) is 31.4 Å². The van der Waals surface area contributed by atoms with Crippen molar-refractivity contribution >= 4 is 39.1 Å². The number of carbonyl (C=O) groups is 1. The number of amides is 1. The number of carbonyl (C=O) groups excluding carboxylic acids is 1. The molecule has 1 saturated heterocycles. The van der Waals surface area contributed by atoms with Crippen molar-refractivity contribution in [3.8, 4) is 0 Å². The number of piperidine rings is 1. The van der Waals surface area contributed by atoms with Gasteiger partial charge in [-0.05, 0) is 49.6 Å². The third-order valence-corrected chi connectivity index (χ3v) is 7.76. The van der Waals surface area contributed by atoms with Gasteiger partial charge in [0.2, 0.25) is 15.9 Å². The molecule has 1 aliphatic heterocycles. The standard InChI is InChI=1S/C19H21Cl2N3O3S/c1-13(14-5-9-22-10-6-14)23-19(25)15-7-11-24(12-8-15)28(26,27)18-16(20)3-2-4-17(18)21/h2-6,9-10,13,15H,7-8,11-12H2,1H3,(H,23,25). The van der Waals surface area contributed by atoms with E-state index in [0.717, 1.165) is 5.56 Å². The average molecular weight is 442 g/mol. The number of sulfonamides is 1. The molecule has 0 saturated carbocycles. The van der Waals surface area contributed by atoms with Crippen LogP contribution in [0.15, 0.2) is 47.6 Å². The molecule has 1 fully saturated rings. The molecule has 9 heteroatoms. The summed E-state index contributed by atoms with van der Waals surface area (Å²) in [6, 6.07) is 8.17. The van der Waals surface area contributed by atoms with Gasteiger partial charge in [-0.15, -0.1) is 0 Å². The van der Waals surface area contributed by atoms with Crippen LogP contribution in [0, 0.1) is 5.92 Å². The fourth-order valence-electron chi connectivity index (χ4n) is 3.28. The number of hydrogen-bond donors (Lipinski definition) is 1. The Balaban J connectivity index is 1.63. The van der Waals surface area contributed by atoms with E-state index in [1.807, 2.05) is 19.1 Å². The summed E-state index contributed by atoms with van der Waals surface area (Å²) in [6.45, 7) is 2.39. The van der Waals surface area contributed by atoms with Crippen LogP contribution in [-0.2, 0) is 14.8 Å². The number of rotatable bonds is 5. The smallest absolute Gasteiger partial charge is 0.246 e. The minimum absolute atomic E-state index is 0.0721. The van der Waals surface area contributed by atoms with Crippen molar-refractivity contribution in [3.05, 3.63) is 58.3 Å². The molecule has 28 heavy (non-hydrogen) atoms. The van der Waals surface area contributed by atoms with E-state index in [9.17, 15) is 13.2 Å². The van der Waals surface area contributed by atoms with E-state index >= 15 is 0 Å². The minimum Gasteiger partial charge on any atom is -0.349 e. The highest BCUT2D eigenvalue weighted by molar-refractivity contribution is 7.89. The highest BCUT2D eigenvalue weighted by Gasteiger charge is 2.34. The van der Waals surface area contributed by atoms with Gasteiger partial charge < -0.3 is 5.32 Å². The highest BCUT2D eigenvalue weighted by Crippen LogP contribution is 2.33. The lowest BCUT2D eigenvalue weighted by atomic mass is 9.96. The number of aromatic nitrogens is 1. The molecule has 1 N–H and O–H groups in total. The fourth-order valence-corrected chi connectivity index (χ4v) is 5.84. The number of hydrogen-bond acceptors (Lipinski definition) is 4. The van der Waals surface area contributed by atoms with Crippen molar-refractivity contribution in [2.24, 2.45) is 5.92 Å². The molecule has 150 valence electrons. The molecule has 2 aromatic rings. The van der Waals surface area contributed by atoms with Crippen LogP contribution in [-0.4, -0.2) is 36.7 Å². The molecule has 6 nitrogen and oxygen atoms in total. The van der Waals surface area contributed by atoms with Crippen LogP contribution in [0.5, 0.6) is 0 Å². The maximum absolute atomic E-state index is 12.9. The van der Waals surface area contributed by atoms with Gasteiger partial charge in [0.05, 0.1) is 16.1 Å². The second-order valence-corrected chi connectivity index (χ2v) is 9.43. The predicted octanol–water partition coefficient (Wildman–Crippen LogP) is 3.67. The number of pyridine rings is 1. The first-order chi connectivity index (χ1) is 13.3. The highest BCUT2D eigenvalue weighted by atomic mass is 35.5. The summed E-state index contributed by atoms with van der Waals surface area (Å²) in [4.78, 5) is 16.5. The van der Waals surface area contributed by atoms with Gasteiger partial charge in [0, 0.05) is 31.4 Å². The summed E-state index contributed by atoms with van der Waals surface area (Å²) >= 11 is 12.1. The van der Waals surface area contributed by atoms with Gasteiger partial charge in [0.1, 0.15) is 4.90 Å². The molecule has 1 aromatic carbocycles. The number of benzene rings is 1. The second kappa shape index (κ2) is 8.78. The third-order valence-electron chi connectivity index (χ3n) is 4.91. The first kappa shape index (κ1) is 21.0. The number of halogens is 2. The van der Waals surface area contributed by atoms with Crippen LogP contribution < -0.4 is 5.32 Å². The lowest BCUT2D eigenvalue weighted by Gasteiger charge is -2.31. The summed E-state index contributed by atoms with van der Waals surface area (Å²) in [6.07, 6.45) is 4.24. The SMILES string of the molecule is CC(NC(=O)C1CCN(S(=O)(=O)c2c(Cl)cccc2Cl)CC1)c1ccncc1. The van der Waals surface area contributed by atoms with Crippen LogP contribution in [0.2, 0.25) is 10.0 Å². The Morgan fingerprint density at radius 2 is 1.71 bits per heavy atom. The quantitative estimate of drug-likeness (QED) is 0.767. The monoisotopic (exact) mass is 441 g/mol. The summed E-state index contributed by atoms with van der Waals surface area (Å²) in [5.41, 5.74) is 0.969. The van der Waals surface area contributed by atoms with Gasteiger partial charge >= 0.3 is 0 Å². The molecule has 3 rings (SSSR count). The zero-order valence-electron chi connectivity index (χ0n) is 15.3.